The topological polar surface area (TPSA) is 71.4 Å². The Labute approximate surface area is 165 Å². The van der Waals surface area contributed by atoms with Crippen molar-refractivity contribution in [2.45, 2.75) is 31.8 Å². The molecular weight excluding hydrogens is 410 g/mol. The van der Waals surface area contributed by atoms with E-state index in [1.165, 1.54) is 6.08 Å². The first-order valence-corrected chi connectivity index (χ1v) is 9.81. The third kappa shape index (κ3) is 3.20. The van der Waals surface area contributed by atoms with Gasteiger partial charge in [-0.1, -0.05) is 22.5 Å². The number of halogens is 1. The van der Waals surface area contributed by atoms with E-state index in [-0.39, 0.29) is 30.2 Å². The van der Waals surface area contributed by atoms with Crippen molar-refractivity contribution in [1.29, 1.82) is 0 Å². The smallest absolute Gasteiger partial charge is 0.246 e. The molecule has 0 atom stereocenters. The summed E-state index contributed by atoms with van der Waals surface area (Å²) in [5.74, 6) is -0.170. The zero-order valence-electron chi connectivity index (χ0n) is 14.8. The molecule has 1 aliphatic heterocycles. The second kappa shape index (κ2) is 6.96. The number of carbonyl (C=O) groups is 3. The van der Waals surface area contributed by atoms with Crippen molar-refractivity contribution in [2.24, 2.45) is 0 Å². The van der Waals surface area contributed by atoms with Gasteiger partial charge in [0.2, 0.25) is 11.8 Å². The van der Waals surface area contributed by atoms with Crippen LogP contribution < -0.4 is 5.32 Å². The molecule has 0 radical (unpaired) electrons. The number of likely N-dealkylation sites (tertiary alicyclic amines) is 1. The van der Waals surface area contributed by atoms with E-state index in [9.17, 15) is 14.4 Å². The van der Waals surface area contributed by atoms with Crippen molar-refractivity contribution in [3.63, 3.8) is 0 Å². The molecule has 6 nitrogen and oxygen atoms in total. The van der Waals surface area contributed by atoms with E-state index in [1.807, 2.05) is 22.8 Å². The van der Waals surface area contributed by atoms with Crippen LogP contribution in [0.15, 0.2) is 35.3 Å². The summed E-state index contributed by atoms with van der Waals surface area (Å²) in [6.45, 7) is 4.55. The lowest BCUT2D eigenvalue weighted by Gasteiger charge is -2.38. The van der Waals surface area contributed by atoms with Crippen LogP contribution in [0.1, 0.15) is 28.9 Å². The molecule has 2 aromatic rings. The standard InChI is InChI=1S/C20H20BrN3O3/c1-2-19(27)23-9-13(10-23)22-18(26)11-24-16-7-6-12(21)8-15(16)14-4-3-5-17(25)20(14)24/h2,6-8,13H,1,3-5,9-11H2,(H,22,26). The van der Waals surface area contributed by atoms with E-state index < -0.39 is 0 Å². The number of aryl methyl sites for hydroxylation is 1. The molecule has 0 spiro atoms. The highest BCUT2D eigenvalue weighted by molar-refractivity contribution is 9.10. The first-order chi connectivity index (χ1) is 13.0. The molecule has 2 amide bonds. The number of aromatic nitrogens is 1. The number of nitrogens with one attached hydrogen (secondary N) is 1. The number of fused-ring (bicyclic) bond motifs is 3. The summed E-state index contributed by atoms with van der Waals surface area (Å²) in [5, 5.41) is 3.99. The van der Waals surface area contributed by atoms with Gasteiger partial charge in [-0.2, -0.15) is 0 Å². The molecule has 0 saturated carbocycles. The van der Waals surface area contributed by atoms with E-state index >= 15 is 0 Å². The second-order valence-corrected chi connectivity index (χ2v) is 7.98. The van der Waals surface area contributed by atoms with E-state index in [1.54, 1.807) is 4.90 Å². The van der Waals surface area contributed by atoms with Crippen LogP contribution in [0.3, 0.4) is 0 Å². The number of hydrogen-bond acceptors (Lipinski definition) is 3. The fourth-order valence-corrected chi connectivity index (χ4v) is 4.33. The number of amides is 2. The van der Waals surface area contributed by atoms with Gasteiger partial charge >= 0.3 is 0 Å². The van der Waals surface area contributed by atoms with Crippen molar-refractivity contribution in [3.05, 3.63) is 46.6 Å². The monoisotopic (exact) mass is 429 g/mol. The lowest BCUT2D eigenvalue weighted by molar-refractivity contribution is -0.133. The third-order valence-electron chi connectivity index (χ3n) is 5.26. The van der Waals surface area contributed by atoms with Gasteiger partial charge < -0.3 is 14.8 Å². The summed E-state index contributed by atoms with van der Waals surface area (Å²) < 4.78 is 2.80. The van der Waals surface area contributed by atoms with E-state index in [2.05, 4.69) is 27.8 Å². The normalized spacial score (nSPS) is 16.8. The fraction of sp³-hybridized carbons (Fsp3) is 0.350. The Balaban J connectivity index is 1.56. The van der Waals surface area contributed by atoms with Crippen LogP contribution in [0.2, 0.25) is 0 Å². The fourth-order valence-electron chi connectivity index (χ4n) is 3.97. The first kappa shape index (κ1) is 18.0. The Kier molecular flexibility index (Phi) is 4.63. The van der Waals surface area contributed by atoms with Gasteiger partial charge in [-0.25, -0.2) is 0 Å². The Hall–Kier alpha value is -2.41. The zero-order valence-corrected chi connectivity index (χ0v) is 16.4. The Morgan fingerprint density at radius 1 is 1.30 bits per heavy atom. The van der Waals surface area contributed by atoms with Gasteiger partial charge in [0.15, 0.2) is 5.78 Å². The quantitative estimate of drug-likeness (QED) is 0.758. The van der Waals surface area contributed by atoms with Crippen LogP contribution in [-0.4, -0.2) is 46.2 Å². The minimum Gasteiger partial charge on any atom is -0.348 e. The third-order valence-corrected chi connectivity index (χ3v) is 5.75. The largest absolute Gasteiger partial charge is 0.348 e. The number of nitrogens with zero attached hydrogens (tertiary/aromatic N) is 2. The summed E-state index contributed by atoms with van der Waals surface area (Å²) in [7, 11) is 0. The van der Waals surface area contributed by atoms with E-state index in [4.69, 9.17) is 0 Å². The maximum atomic E-state index is 12.6. The molecular formula is C20H20BrN3O3. The molecule has 1 aromatic carbocycles. The van der Waals surface area contributed by atoms with Gasteiger partial charge in [0.1, 0.15) is 6.54 Å². The van der Waals surface area contributed by atoms with Crippen molar-refractivity contribution in [3.8, 4) is 0 Å². The predicted molar refractivity (Wildman–Crippen MR) is 106 cm³/mol. The van der Waals surface area contributed by atoms with Gasteiger partial charge in [0.25, 0.3) is 0 Å². The summed E-state index contributed by atoms with van der Waals surface area (Å²) >= 11 is 3.50. The molecule has 1 fully saturated rings. The predicted octanol–water partition coefficient (Wildman–Crippen LogP) is 2.44. The summed E-state index contributed by atoms with van der Waals surface area (Å²) in [6.07, 6.45) is 3.50. The lowest BCUT2D eigenvalue weighted by Crippen LogP contribution is -2.61. The highest BCUT2D eigenvalue weighted by Crippen LogP contribution is 2.33. The van der Waals surface area contributed by atoms with Crippen molar-refractivity contribution in [1.82, 2.24) is 14.8 Å². The van der Waals surface area contributed by atoms with Crippen LogP contribution >= 0.6 is 15.9 Å². The average Bonchev–Trinajstić information content (AvgIpc) is 2.91. The molecule has 0 bridgehead atoms. The number of Topliss-reactive ketones (excluding diaryl/α,β-unsaturated/α-hetero) is 1. The molecule has 7 heteroatoms. The minimum absolute atomic E-state index is 0.0519. The highest BCUT2D eigenvalue weighted by atomic mass is 79.9. The molecule has 1 N–H and O–H groups in total. The Bertz CT molecular complexity index is 972. The molecule has 1 aromatic heterocycles. The summed E-state index contributed by atoms with van der Waals surface area (Å²) in [5.41, 5.74) is 2.62. The number of hydrogen-bond donors (Lipinski definition) is 1. The van der Waals surface area contributed by atoms with Gasteiger partial charge in [0, 0.05) is 34.9 Å². The Morgan fingerprint density at radius 2 is 2.07 bits per heavy atom. The molecule has 4 rings (SSSR count). The van der Waals surface area contributed by atoms with Gasteiger partial charge in [-0.05, 0) is 42.7 Å². The lowest BCUT2D eigenvalue weighted by atomic mass is 9.94. The van der Waals surface area contributed by atoms with Gasteiger partial charge in [-0.3, -0.25) is 14.4 Å². The first-order valence-electron chi connectivity index (χ1n) is 9.02. The van der Waals surface area contributed by atoms with Gasteiger partial charge in [0.05, 0.1) is 11.7 Å². The molecule has 0 unspecified atom stereocenters. The number of rotatable bonds is 4. The minimum atomic E-state index is -0.147. The van der Waals surface area contributed by atoms with Crippen LogP contribution in [0.4, 0.5) is 0 Å². The molecule has 27 heavy (non-hydrogen) atoms. The van der Waals surface area contributed by atoms with Crippen molar-refractivity contribution < 1.29 is 14.4 Å². The molecule has 2 heterocycles. The number of carbonyl (C=O) groups excluding carboxylic acids is 3. The van der Waals surface area contributed by atoms with E-state index in [0.717, 1.165) is 33.8 Å². The Morgan fingerprint density at radius 3 is 2.81 bits per heavy atom. The number of benzene rings is 1. The molecule has 140 valence electrons. The average molecular weight is 430 g/mol. The molecule has 2 aliphatic rings. The van der Waals surface area contributed by atoms with Crippen molar-refractivity contribution >= 4 is 44.4 Å². The van der Waals surface area contributed by atoms with Gasteiger partial charge in [-0.15, -0.1) is 0 Å². The molecule has 1 saturated heterocycles. The number of ketones is 1. The highest BCUT2D eigenvalue weighted by Gasteiger charge is 2.31. The van der Waals surface area contributed by atoms with Crippen LogP contribution in [-0.2, 0) is 22.6 Å². The summed E-state index contributed by atoms with van der Waals surface area (Å²) in [4.78, 5) is 38.3. The zero-order chi connectivity index (χ0) is 19.1. The van der Waals surface area contributed by atoms with Crippen molar-refractivity contribution in [2.75, 3.05) is 13.1 Å². The SMILES string of the molecule is C=CC(=O)N1CC(NC(=O)Cn2c3c(c4cc(Br)ccc42)CCCC3=O)C1. The maximum absolute atomic E-state index is 12.6. The molecule has 1 aliphatic carbocycles. The van der Waals surface area contributed by atoms with E-state index in [0.29, 0.717) is 25.2 Å². The summed E-state index contributed by atoms with van der Waals surface area (Å²) in [6, 6.07) is 5.85. The van der Waals surface area contributed by atoms with Crippen LogP contribution in [0.5, 0.6) is 0 Å². The van der Waals surface area contributed by atoms with Crippen LogP contribution in [0, 0.1) is 0 Å². The van der Waals surface area contributed by atoms with Crippen LogP contribution in [0.25, 0.3) is 10.9 Å². The maximum Gasteiger partial charge on any atom is 0.246 e. The second-order valence-electron chi connectivity index (χ2n) is 7.06.